The SMILES string of the molecule is O=C(CBr)C(O)C(=O)[C@H](O)[C@@H](O)[C@H](O)CO. The van der Waals surface area contributed by atoms with Gasteiger partial charge in [0, 0.05) is 0 Å². The molecule has 0 spiro atoms. The molecule has 0 rings (SSSR count). The van der Waals surface area contributed by atoms with Gasteiger partial charge in [0.1, 0.15) is 18.3 Å². The van der Waals surface area contributed by atoms with Gasteiger partial charge in [0.15, 0.2) is 17.7 Å². The third-order valence-electron chi connectivity index (χ3n) is 1.90. The molecule has 0 aromatic carbocycles. The number of aliphatic hydroxyl groups is 5. The first-order chi connectivity index (χ1) is 7.36. The third kappa shape index (κ3) is 3.89. The van der Waals surface area contributed by atoms with Crippen LogP contribution in [0.4, 0.5) is 0 Å². The smallest absolute Gasteiger partial charge is 0.199 e. The standard InChI is InChI=1S/C8H13BrO7/c9-1-3(11)5(13)7(15)8(16)6(14)4(12)2-10/h4-6,8,10,12-14,16H,1-2H2/t4-,5?,6+,8-/m1/s1. The minimum absolute atomic E-state index is 0.286. The first-order valence-electron chi connectivity index (χ1n) is 4.32. The maximum Gasteiger partial charge on any atom is 0.199 e. The summed E-state index contributed by atoms with van der Waals surface area (Å²) in [5, 5.41) is 44.6. The summed E-state index contributed by atoms with van der Waals surface area (Å²) in [4.78, 5) is 22.1. The molecule has 0 bridgehead atoms. The van der Waals surface area contributed by atoms with Crippen LogP contribution < -0.4 is 0 Å². The highest BCUT2D eigenvalue weighted by Gasteiger charge is 2.35. The molecule has 0 aromatic heterocycles. The molecule has 0 aliphatic rings. The van der Waals surface area contributed by atoms with E-state index >= 15 is 0 Å². The van der Waals surface area contributed by atoms with Crippen molar-refractivity contribution in [2.45, 2.75) is 24.4 Å². The number of alkyl halides is 1. The number of hydrogen-bond acceptors (Lipinski definition) is 7. The van der Waals surface area contributed by atoms with Gasteiger partial charge in [-0.15, -0.1) is 0 Å². The molecule has 0 heterocycles. The zero-order valence-electron chi connectivity index (χ0n) is 8.15. The number of aliphatic hydroxyl groups excluding tert-OH is 5. The molecule has 94 valence electrons. The lowest BCUT2D eigenvalue weighted by Gasteiger charge is -2.21. The fourth-order valence-corrected chi connectivity index (χ4v) is 1.19. The molecule has 0 aliphatic carbocycles. The number of rotatable bonds is 7. The second kappa shape index (κ2) is 7.05. The average Bonchev–Trinajstić information content (AvgIpc) is 2.32. The highest BCUT2D eigenvalue weighted by Crippen LogP contribution is 2.05. The van der Waals surface area contributed by atoms with Gasteiger partial charge in [0.25, 0.3) is 0 Å². The molecule has 16 heavy (non-hydrogen) atoms. The van der Waals surface area contributed by atoms with Gasteiger partial charge in [0.05, 0.1) is 11.9 Å². The first-order valence-corrected chi connectivity index (χ1v) is 5.44. The van der Waals surface area contributed by atoms with Gasteiger partial charge < -0.3 is 25.5 Å². The number of halogens is 1. The molecule has 7 nitrogen and oxygen atoms in total. The van der Waals surface area contributed by atoms with Crippen LogP contribution in [-0.2, 0) is 9.59 Å². The summed E-state index contributed by atoms with van der Waals surface area (Å²) >= 11 is 2.72. The molecule has 8 heteroatoms. The van der Waals surface area contributed by atoms with Gasteiger partial charge in [-0.25, -0.2) is 0 Å². The van der Waals surface area contributed by atoms with Crippen molar-refractivity contribution in [3.63, 3.8) is 0 Å². The lowest BCUT2D eigenvalue weighted by atomic mass is 9.99. The van der Waals surface area contributed by atoms with Crippen molar-refractivity contribution >= 4 is 27.5 Å². The van der Waals surface area contributed by atoms with Gasteiger partial charge in [-0.3, -0.25) is 9.59 Å². The monoisotopic (exact) mass is 300 g/mol. The predicted molar refractivity (Wildman–Crippen MR) is 54.9 cm³/mol. The van der Waals surface area contributed by atoms with Crippen LogP contribution in [0.2, 0.25) is 0 Å². The van der Waals surface area contributed by atoms with E-state index in [0.29, 0.717) is 0 Å². The maximum absolute atomic E-state index is 11.2. The Morgan fingerprint density at radius 1 is 1.12 bits per heavy atom. The van der Waals surface area contributed by atoms with Crippen LogP contribution in [0.1, 0.15) is 0 Å². The molecule has 0 saturated heterocycles. The van der Waals surface area contributed by atoms with Crippen LogP contribution in [0.3, 0.4) is 0 Å². The zero-order valence-corrected chi connectivity index (χ0v) is 9.74. The second-order valence-corrected chi connectivity index (χ2v) is 3.65. The van der Waals surface area contributed by atoms with Crippen molar-refractivity contribution in [3.05, 3.63) is 0 Å². The van der Waals surface area contributed by atoms with E-state index in [0.717, 1.165) is 0 Å². The minimum atomic E-state index is -2.14. The molecule has 5 N–H and O–H groups in total. The molecular weight excluding hydrogens is 288 g/mol. The Balaban J connectivity index is 4.54. The van der Waals surface area contributed by atoms with Crippen molar-refractivity contribution in [1.82, 2.24) is 0 Å². The minimum Gasteiger partial charge on any atom is -0.394 e. The number of hydrogen-bond donors (Lipinski definition) is 5. The summed E-state index contributed by atoms with van der Waals surface area (Å²) < 4.78 is 0. The maximum atomic E-state index is 11.2. The Kier molecular flexibility index (Phi) is 6.88. The number of ketones is 2. The van der Waals surface area contributed by atoms with Gasteiger partial charge in [-0.2, -0.15) is 0 Å². The van der Waals surface area contributed by atoms with E-state index in [-0.39, 0.29) is 5.33 Å². The Hall–Kier alpha value is -0.380. The number of carbonyl (C=O) groups excluding carboxylic acids is 2. The lowest BCUT2D eigenvalue weighted by Crippen LogP contribution is -2.49. The van der Waals surface area contributed by atoms with Crippen LogP contribution in [0.25, 0.3) is 0 Å². The Bertz CT molecular complexity index is 257. The van der Waals surface area contributed by atoms with Crippen molar-refractivity contribution in [1.29, 1.82) is 0 Å². The van der Waals surface area contributed by atoms with E-state index < -0.39 is 42.6 Å². The van der Waals surface area contributed by atoms with Crippen LogP contribution in [0.15, 0.2) is 0 Å². The highest BCUT2D eigenvalue weighted by molar-refractivity contribution is 9.09. The molecule has 4 atom stereocenters. The van der Waals surface area contributed by atoms with Crippen molar-refractivity contribution in [2.75, 3.05) is 11.9 Å². The molecule has 0 amide bonds. The molecule has 0 radical (unpaired) electrons. The van der Waals surface area contributed by atoms with Crippen molar-refractivity contribution in [3.8, 4) is 0 Å². The first kappa shape index (κ1) is 15.6. The summed E-state index contributed by atoms with van der Waals surface area (Å²) in [7, 11) is 0. The van der Waals surface area contributed by atoms with E-state index in [2.05, 4.69) is 15.9 Å². The highest BCUT2D eigenvalue weighted by atomic mass is 79.9. The van der Waals surface area contributed by atoms with Crippen LogP contribution >= 0.6 is 15.9 Å². The largest absolute Gasteiger partial charge is 0.394 e. The quantitative estimate of drug-likeness (QED) is 0.249. The van der Waals surface area contributed by atoms with Gasteiger partial charge in [0.2, 0.25) is 0 Å². The lowest BCUT2D eigenvalue weighted by molar-refractivity contribution is -0.152. The Morgan fingerprint density at radius 3 is 2.00 bits per heavy atom. The van der Waals surface area contributed by atoms with Crippen molar-refractivity contribution < 1.29 is 35.1 Å². The second-order valence-electron chi connectivity index (χ2n) is 3.09. The van der Waals surface area contributed by atoms with E-state index in [9.17, 15) is 14.7 Å². The molecular formula is C8H13BrO7. The molecule has 0 aliphatic heterocycles. The summed E-state index contributed by atoms with van der Waals surface area (Å²) in [6, 6.07) is 0. The number of Topliss-reactive ketones (excluding diaryl/α,β-unsaturated/α-hetero) is 2. The van der Waals surface area contributed by atoms with Gasteiger partial charge >= 0.3 is 0 Å². The van der Waals surface area contributed by atoms with Crippen LogP contribution in [0, 0.1) is 0 Å². The normalized spacial score (nSPS) is 18.6. The average molecular weight is 301 g/mol. The molecule has 0 aromatic rings. The summed E-state index contributed by atoms with van der Waals surface area (Å²) in [6.07, 6.45) is -7.91. The van der Waals surface area contributed by atoms with Gasteiger partial charge in [-0.05, 0) is 0 Å². The predicted octanol–water partition coefficient (Wildman–Crippen LogP) is -3.04. The van der Waals surface area contributed by atoms with E-state index in [1.807, 2.05) is 0 Å². The Morgan fingerprint density at radius 2 is 1.62 bits per heavy atom. The summed E-state index contributed by atoms with van der Waals surface area (Å²) in [6.45, 7) is -0.867. The van der Waals surface area contributed by atoms with E-state index in [1.165, 1.54) is 0 Å². The van der Waals surface area contributed by atoms with E-state index in [1.54, 1.807) is 0 Å². The zero-order chi connectivity index (χ0) is 12.9. The molecule has 1 unspecified atom stereocenters. The van der Waals surface area contributed by atoms with Crippen LogP contribution in [0.5, 0.6) is 0 Å². The molecule has 0 fully saturated rings. The van der Waals surface area contributed by atoms with Crippen LogP contribution in [-0.4, -0.2) is 73.5 Å². The van der Waals surface area contributed by atoms with Crippen molar-refractivity contribution in [2.24, 2.45) is 0 Å². The van der Waals surface area contributed by atoms with E-state index in [4.69, 9.17) is 20.4 Å². The summed E-state index contributed by atoms with van der Waals surface area (Å²) in [5.41, 5.74) is 0. The topological polar surface area (TPSA) is 135 Å². The summed E-state index contributed by atoms with van der Waals surface area (Å²) in [5.74, 6) is -2.21. The third-order valence-corrected chi connectivity index (χ3v) is 2.46. The fraction of sp³-hybridized carbons (Fsp3) is 0.750. The molecule has 0 saturated carbocycles. The fourth-order valence-electron chi connectivity index (χ4n) is 0.880. The Labute approximate surface area is 99.5 Å². The number of carbonyl (C=O) groups is 2. The van der Waals surface area contributed by atoms with Gasteiger partial charge in [-0.1, -0.05) is 15.9 Å².